The van der Waals surface area contributed by atoms with Crippen molar-refractivity contribution >= 4 is 5.91 Å². The van der Waals surface area contributed by atoms with E-state index in [1.165, 1.54) is 24.0 Å². The molecule has 2 aromatic rings. The van der Waals surface area contributed by atoms with Crippen LogP contribution < -0.4 is 5.32 Å². The summed E-state index contributed by atoms with van der Waals surface area (Å²) in [5.74, 6) is 0.944. The van der Waals surface area contributed by atoms with Crippen LogP contribution in [0.15, 0.2) is 30.6 Å². The molecule has 1 saturated carbocycles. The third-order valence-corrected chi connectivity index (χ3v) is 4.69. The lowest BCUT2D eigenvalue weighted by molar-refractivity contribution is -0.123. The summed E-state index contributed by atoms with van der Waals surface area (Å²) in [7, 11) is 0. The van der Waals surface area contributed by atoms with Crippen molar-refractivity contribution in [1.82, 2.24) is 20.1 Å². The zero-order valence-corrected chi connectivity index (χ0v) is 12.5. The third-order valence-electron chi connectivity index (χ3n) is 4.69. The molecule has 1 atom stereocenters. The Morgan fingerprint density at radius 3 is 3.00 bits per heavy atom. The molecule has 1 N–H and O–H groups in total. The summed E-state index contributed by atoms with van der Waals surface area (Å²) < 4.78 is 2.09. The zero-order valence-electron chi connectivity index (χ0n) is 12.5. The van der Waals surface area contributed by atoms with Crippen LogP contribution in [-0.4, -0.2) is 20.7 Å². The van der Waals surface area contributed by atoms with Crippen molar-refractivity contribution in [1.29, 1.82) is 0 Å². The monoisotopic (exact) mass is 296 g/mol. The molecular weight excluding hydrogens is 276 g/mol. The van der Waals surface area contributed by atoms with Gasteiger partial charge in [-0.3, -0.25) is 4.79 Å². The maximum atomic E-state index is 12.6. The number of nitrogens with one attached hydrogen (secondary N) is 1. The molecule has 5 heteroatoms. The van der Waals surface area contributed by atoms with Crippen LogP contribution in [0.25, 0.3) is 0 Å². The van der Waals surface area contributed by atoms with Gasteiger partial charge in [0.2, 0.25) is 5.91 Å². The van der Waals surface area contributed by atoms with Gasteiger partial charge in [-0.1, -0.05) is 24.3 Å². The Balaban J connectivity index is 1.45. The van der Waals surface area contributed by atoms with Gasteiger partial charge in [0, 0.05) is 6.04 Å². The van der Waals surface area contributed by atoms with Gasteiger partial charge in [0.1, 0.15) is 6.33 Å². The Morgan fingerprint density at radius 1 is 1.27 bits per heavy atom. The van der Waals surface area contributed by atoms with Gasteiger partial charge in [-0.15, -0.1) is 10.2 Å². The molecule has 0 aliphatic heterocycles. The summed E-state index contributed by atoms with van der Waals surface area (Å²) in [4.78, 5) is 12.6. The van der Waals surface area contributed by atoms with Crippen molar-refractivity contribution in [3.05, 3.63) is 47.5 Å². The minimum atomic E-state index is -0.0257. The van der Waals surface area contributed by atoms with E-state index >= 15 is 0 Å². The molecule has 0 spiro atoms. The smallest absolute Gasteiger partial charge is 0.227 e. The first-order valence-corrected chi connectivity index (χ1v) is 8.07. The topological polar surface area (TPSA) is 59.8 Å². The number of carbonyl (C=O) groups excluding carboxylic acids is 1. The van der Waals surface area contributed by atoms with E-state index in [4.69, 9.17) is 0 Å². The molecule has 1 aromatic heterocycles. The Morgan fingerprint density at radius 2 is 2.14 bits per heavy atom. The summed E-state index contributed by atoms with van der Waals surface area (Å²) in [5, 5.41) is 11.2. The van der Waals surface area contributed by atoms with Crippen molar-refractivity contribution in [2.24, 2.45) is 0 Å². The molecule has 114 valence electrons. The van der Waals surface area contributed by atoms with E-state index in [2.05, 4.69) is 38.3 Å². The van der Waals surface area contributed by atoms with Crippen LogP contribution in [-0.2, 0) is 17.8 Å². The molecule has 0 radical (unpaired) electrons. The number of benzene rings is 1. The van der Waals surface area contributed by atoms with Crippen LogP contribution in [0.4, 0.5) is 0 Å². The van der Waals surface area contributed by atoms with Crippen LogP contribution in [0, 0.1) is 0 Å². The second-order valence-electron chi connectivity index (χ2n) is 6.25. The Labute approximate surface area is 129 Å². The van der Waals surface area contributed by atoms with Crippen LogP contribution in [0.1, 0.15) is 54.6 Å². The van der Waals surface area contributed by atoms with Gasteiger partial charge in [0.25, 0.3) is 0 Å². The molecule has 0 bridgehead atoms. The lowest BCUT2D eigenvalue weighted by atomic mass is 9.82. The summed E-state index contributed by atoms with van der Waals surface area (Å²) >= 11 is 0. The van der Waals surface area contributed by atoms with Gasteiger partial charge < -0.3 is 9.88 Å². The van der Waals surface area contributed by atoms with Gasteiger partial charge in [-0.25, -0.2) is 0 Å². The molecule has 1 fully saturated rings. The minimum Gasteiger partial charge on any atom is -0.348 e. The van der Waals surface area contributed by atoms with Crippen molar-refractivity contribution in [3.8, 4) is 0 Å². The van der Waals surface area contributed by atoms with Crippen LogP contribution in [0.3, 0.4) is 0 Å². The third kappa shape index (κ3) is 2.51. The van der Waals surface area contributed by atoms with Gasteiger partial charge in [-0.05, 0) is 43.2 Å². The largest absolute Gasteiger partial charge is 0.348 e. The van der Waals surface area contributed by atoms with Crippen LogP contribution >= 0.6 is 0 Å². The number of nitrogens with zero attached hydrogens (tertiary/aromatic N) is 3. The number of hydrogen-bond acceptors (Lipinski definition) is 3. The van der Waals surface area contributed by atoms with Gasteiger partial charge in [-0.2, -0.15) is 0 Å². The Bertz CT molecular complexity index is 689. The molecule has 2 aliphatic carbocycles. The summed E-state index contributed by atoms with van der Waals surface area (Å²) in [5.41, 5.74) is 2.50. The average Bonchev–Trinajstić information content (AvgIpc) is 3.30. The molecule has 0 unspecified atom stereocenters. The quantitative estimate of drug-likeness (QED) is 0.942. The highest BCUT2D eigenvalue weighted by atomic mass is 16.1. The number of carbonyl (C=O) groups is 1. The van der Waals surface area contributed by atoms with E-state index in [0.29, 0.717) is 12.6 Å². The van der Waals surface area contributed by atoms with Gasteiger partial charge >= 0.3 is 0 Å². The molecule has 22 heavy (non-hydrogen) atoms. The summed E-state index contributed by atoms with van der Waals surface area (Å²) in [6.07, 6.45) is 7.24. The predicted molar refractivity (Wildman–Crippen MR) is 82.3 cm³/mol. The lowest BCUT2D eigenvalue weighted by Crippen LogP contribution is -2.31. The molecule has 0 saturated heterocycles. The van der Waals surface area contributed by atoms with Crippen molar-refractivity contribution in [2.75, 3.05) is 0 Å². The predicted octanol–water partition coefficient (Wildman–Crippen LogP) is 2.35. The molecule has 1 aromatic carbocycles. The van der Waals surface area contributed by atoms with E-state index in [1.54, 1.807) is 6.33 Å². The first kappa shape index (κ1) is 13.5. The maximum Gasteiger partial charge on any atom is 0.227 e. The fourth-order valence-electron chi connectivity index (χ4n) is 3.37. The van der Waals surface area contributed by atoms with E-state index in [1.807, 2.05) is 6.07 Å². The molecule has 5 nitrogen and oxygen atoms in total. The number of amides is 1. The Hall–Kier alpha value is -2.17. The molecule has 1 amide bonds. The minimum absolute atomic E-state index is 0.0257. The highest BCUT2D eigenvalue weighted by Gasteiger charge is 2.28. The van der Waals surface area contributed by atoms with Crippen LogP contribution in [0.5, 0.6) is 0 Å². The van der Waals surface area contributed by atoms with Crippen molar-refractivity contribution < 1.29 is 4.79 Å². The Kier molecular flexibility index (Phi) is 3.41. The number of rotatable bonds is 4. The normalized spacial score (nSPS) is 20.5. The summed E-state index contributed by atoms with van der Waals surface area (Å²) in [6.45, 7) is 0.466. The van der Waals surface area contributed by atoms with Crippen LogP contribution in [0.2, 0.25) is 0 Å². The molecular formula is C17H20N4O. The van der Waals surface area contributed by atoms with E-state index < -0.39 is 0 Å². The van der Waals surface area contributed by atoms with Gasteiger partial charge in [0.15, 0.2) is 5.82 Å². The fraction of sp³-hybridized carbons (Fsp3) is 0.471. The maximum absolute atomic E-state index is 12.6. The average molecular weight is 296 g/mol. The van der Waals surface area contributed by atoms with Gasteiger partial charge in [0.05, 0.1) is 12.5 Å². The standard InChI is InChI=1S/C17H20N4O/c22-17(15-7-3-5-12-4-1-2-6-14(12)15)18-10-16-20-19-11-21(16)13-8-9-13/h1-2,4,6,11,13,15H,3,5,7-10H2,(H,18,22)/t15-/m0/s1. The highest BCUT2D eigenvalue weighted by Crippen LogP contribution is 2.35. The SMILES string of the molecule is O=C(NCc1nncn1C1CC1)[C@H]1CCCc2ccccc21. The number of aromatic nitrogens is 3. The molecule has 4 rings (SSSR count). The van der Waals surface area contributed by atoms with E-state index in [0.717, 1.165) is 25.1 Å². The second kappa shape index (κ2) is 5.55. The molecule has 2 aliphatic rings. The number of hydrogen-bond donors (Lipinski definition) is 1. The van der Waals surface area contributed by atoms with Crippen molar-refractivity contribution in [2.45, 2.75) is 50.6 Å². The van der Waals surface area contributed by atoms with E-state index in [-0.39, 0.29) is 11.8 Å². The molecule has 1 heterocycles. The zero-order chi connectivity index (χ0) is 14.9. The number of fused-ring (bicyclic) bond motifs is 1. The highest BCUT2D eigenvalue weighted by molar-refractivity contribution is 5.84. The second-order valence-corrected chi connectivity index (χ2v) is 6.25. The summed E-state index contributed by atoms with van der Waals surface area (Å²) in [6, 6.07) is 8.84. The number of aryl methyl sites for hydroxylation is 1. The fourth-order valence-corrected chi connectivity index (χ4v) is 3.37. The van der Waals surface area contributed by atoms with E-state index in [9.17, 15) is 4.79 Å². The first-order chi connectivity index (χ1) is 10.8. The first-order valence-electron chi connectivity index (χ1n) is 8.07. The van der Waals surface area contributed by atoms with Crippen molar-refractivity contribution in [3.63, 3.8) is 0 Å². The lowest BCUT2D eigenvalue weighted by Gasteiger charge is -2.24.